The molecule has 0 unspecified atom stereocenters. The van der Waals surface area contributed by atoms with E-state index in [1.807, 2.05) is 18.4 Å². The number of hydrogen-bond acceptors (Lipinski definition) is 5. The summed E-state index contributed by atoms with van der Waals surface area (Å²) in [5, 5.41) is 2.01. The van der Waals surface area contributed by atoms with Crippen molar-refractivity contribution in [3.05, 3.63) is 46.2 Å². The van der Waals surface area contributed by atoms with Crippen LogP contribution in [0.25, 0.3) is 0 Å². The first-order chi connectivity index (χ1) is 14.1. The van der Waals surface area contributed by atoms with Crippen LogP contribution in [-0.2, 0) is 21.2 Å². The summed E-state index contributed by atoms with van der Waals surface area (Å²) in [6.45, 7) is 2.50. The van der Waals surface area contributed by atoms with Crippen molar-refractivity contribution in [3.8, 4) is 5.75 Å². The Kier molecular flexibility index (Phi) is 6.73. The van der Waals surface area contributed by atoms with E-state index in [1.54, 1.807) is 16.2 Å². The lowest BCUT2D eigenvalue weighted by Gasteiger charge is -2.35. The summed E-state index contributed by atoms with van der Waals surface area (Å²) in [7, 11) is -3.96. The molecule has 1 aromatic carbocycles. The Morgan fingerprint density at radius 2 is 1.97 bits per heavy atom. The van der Waals surface area contributed by atoms with Crippen LogP contribution in [0.3, 0.4) is 0 Å². The Labute approximate surface area is 176 Å². The number of hydrogen-bond donors (Lipinski definition) is 1. The van der Waals surface area contributed by atoms with Crippen LogP contribution in [0, 0.1) is 0 Å². The van der Waals surface area contributed by atoms with Crippen molar-refractivity contribution >= 4 is 27.3 Å². The molecule has 0 fully saturated rings. The Morgan fingerprint density at radius 3 is 2.60 bits per heavy atom. The topological polar surface area (TPSA) is 75.7 Å². The molecule has 30 heavy (non-hydrogen) atoms. The van der Waals surface area contributed by atoms with Gasteiger partial charge in [-0.15, -0.1) is 24.5 Å². The van der Waals surface area contributed by atoms with Gasteiger partial charge >= 0.3 is 6.36 Å². The first kappa shape index (κ1) is 22.6. The molecule has 1 N–H and O–H groups in total. The minimum Gasteiger partial charge on any atom is -0.406 e. The maximum Gasteiger partial charge on any atom is 0.573 e. The molecule has 1 amide bonds. The summed E-state index contributed by atoms with van der Waals surface area (Å²) < 4.78 is 67.3. The quantitative estimate of drug-likeness (QED) is 0.678. The fourth-order valence-electron chi connectivity index (χ4n) is 3.47. The standard InChI is InChI=1S/C19H21F3N2O4S2/c1-2-16-15-9-12-29-17(15)8-11-24(16)18(25)7-10-23-30(26,27)14-5-3-13(4-6-14)28-19(20,21)22/h3-6,9,12,16,23H,2,7-8,10-11H2,1H3/t16-/m0/s1. The van der Waals surface area contributed by atoms with Gasteiger partial charge in [-0.3, -0.25) is 4.79 Å². The van der Waals surface area contributed by atoms with Crippen molar-refractivity contribution in [1.29, 1.82) is 0 Å². The minimum atomic E-state index is -4.85. The van der Waals surface area contributed by atoms with Crippen LogP contribution in [0.2, 0.25) is 0 Å². The van der Waals surface area contributed by atoms with Gasteiger partial charge < -0.3 is 9.64 Å². The summed E-state index contributed by atoms with van der Waals surface area (Å²) in [6, 6.07) is 5.89. The second-order valence-corrected chi connectivity index (χ2v) is 9.49. The maximum absolute atomic E-state index is 12.7. The van der Waals surface area contributed by atoms with E-state index in [-0.39, 0.29) is 29.8 Å². The number of thiophene rings is 1. The highest BCUT2D eigenvalue weighted by molar-refractivity contribution is 7.89. The summed E-state index contributed by atoms with van der Waals surface area (Å²) in [4.78, 5) is 15.5. The predicted molar refractivity (Wildman–Crippen MR) is 106 cm³/mol. The lowest BCUT2D eigenvalue weighted by molar-refractivity contribution is -0.274. The molecular formula is C19H21F3N2O4S2. The highest BCUT2D eigenvalue weighted by Crippen LogP contribution is 2.35. The van der Waals surface area contributed by atoms with E-state index < -0.39 is 22.1 Å². The molecule has 1 aliphatic heterocycles. The zero-order chi connectivity index (χ0) is 21.9. The van der Waals surface area contributed by atoms with Gasteiger partial charge in [0, 0.05) is 24.4 Å². The first-order valence-corrected chi connectivity index (χ1v) is 11.7. The number of rotatable bonds is 7. The smallest absolute Gasteiger partial charge is 0.406 e. The minimum absolute atomic E-state index is 0.00900. The molecule has 164 valence electrons. The molecule has 3 rings (SSSR count). The third kappa shape index (κ3) is 5.32. The van der Waals surface area contributed by atoms with E-state index in [2.05, 4.69) is 9.46 Å². The predicted octanol–water partition coefficient (Wildman–Crippen LogP) is 3.85. The molecule has 11 heteroatoms. The average molecular weight is 463 g/mol. The normalized spacial score (nSPS) is 16.9. The second kappa shape index (κ2) is 8.94. The first-order valence-electron chi connectivity index (χ1n) is 9.32. The van der Waals surface area contributed by atoms with Gasteiger partial charge in [-0.1, -0.05) is 6.92 Å². The summed E-state index contributed by atoms with van der Waals surface area (Å²) >= 11 is 1.68. The van der Waals surface area contributed by atoms with Crippen molar-refractivity contribution < 1.29 is 31.1 Å². The largest absolute Gasteiger partial charge is 0.573 e. The summed E-state index contributed by atoms with van der Waals surface area (Å²) in [6.07, 6.45) is -3.31. The number of benzene rings is 1. The number of nitrogens with one attached hydrogen (secondary N) is 1. The van der Waals surface area contributed by atoms with E-state index in [1.165, 1.54) is 4.88 Å². The fraction of sp³-hybridized carbons (Fsp3) is 0.421. The van der Waals surface area contributed by atoms with Crippen LogP contribution in [0.4, 0.5) is 13.2 Å². The zero-order valence-electron chi connectivity index (χ0n) is 16.1. The molecule has 0 spiro atoms. The van der Waals surface area contributed by atoms with E-state index in [0.29, 0.717) is 6.54 Å². The molecule has 2 heterocycles. The molecule has 2 aromatic rings. The van der Waals surface area contributed by atoms with Crippen molar-refractivity contribution in [2.24, 2.45) is 0 Å². The van der Waals surface area contributed by atoms with Gasteiger partial charge in [0.05, 0.1) is 10.9 Å². The molecular weight excluding hydrogens is 441 g/mol. The van der Waals surface area contributed by atoms with Gasteiger partial charge in [0.1, 0.15) is 5.75 Å². The van der Waals surface area contributed by atoms with Crippen LogP contribution in [0.1, 0.15) is 36.2 Å². The Balaban J connectivity index is 1.57. The number of ether oxygens (including phenoxy) is 1. The third-order valence-corrected chi connectivity index (χ3v) is 7.27. The Morgan fingerprint density at radius 1 is 1.27 bits per heavy atom. The van der Waals surface area contributed by atoms with E-state index in [0.717, 1.165) is 42.7 Å². The van der Waals surface area contributed by atoms with Crippen molar-refractivity contribution in [3.63, 3.8) is 0 Å². The number of nitrogens with zero attached hydrogens (tertiary/aromatic N) is 1. The monoisotopic (exact) mass is 462 g/mol. The number of fused-ring (bicyclic) bond motifs is 1. The molecule has 1 aromatic heterocycles. The Bertz CT molecular complexity index is 988. The SMILES string of the molecule is CC[C@H]1c2ccsc2CCN1C(=O)CCNS(=O)(=O)c1ccc(OC(F)(F)F)cc1. The van der Waals surface area contributed by atoms with Crippen LogP contribution in [0.5, 0.6) is 5.75 Å². The number of amides is 1. The lowest BCUT2D eigenvalue weighted by Crippen LogP contribution is -2.40. The Hall–Kier alpha value is -2.11. The van der Waals surface area contributed by atoms with Gasteiger partial charge in [0.25, 0.3) is 0 Å². The number of carbonyl (C=O) groups excluding carboxylic acids is 1. The third-order valence-electron chi connectivity index (χ3n) is 4.80. The van der Waals surface area contributed by atoms with Gasteiger partial charge in [-0.05, 0) is 54.1 Å². The summed E-state index contributed by atoms with van der Waals surface area (Å²) in [5.41, 5.74) is 1.16. The molecule has 1 atom stereocenters. The van der Waals surface area contributed by atoms with Crippen LogP contribution >= 0.6 is 11.3 Å². The fourth-order valence-corrected chi connectivity index (χ4v) is 5.43. The van der Waals surface area contributed by atoms with E-state index in [9.17, 15) is 26.4 Å². The lowest BCUT2D eigenvalue weighted by atomic mass is 9.97. The van der Waals surface area contributed by atoms with Crippen molar-refractivity contribution in [2.45, 2.75) is 43.5 Å². The number of halogens is 3. The summed E-state index contributed by atoms with van der Waals surface area (Å²) in [5.74, 6) is -0.657. The van der Waals surface area contributed by atoms with E-state index >= 15 is 0 Å². The molecule has 6 nitrogen and oxygen atoms in total. The molecule has 1 aliphatic rings. The van der Waals surface area contributed by atoms with Crippen molar-refractivity contribution in [1.82, 2.24) is 9.62 Å². The molecule has 0 bridgehead atoms. The highest BCUT2D eigenvalue weighted by atomic mass is 32.2. The second-order valence-electron chi connectivity index (χ2n) is 6.73. The van der Waals surface area contributed by atoms with Gasteiger partial charge in [-0.25, -0.2) is 13.1 Å². The average Bonchev–Trinajstić information content (AvgIpc) is 3.15. The molecule has 0 radical (unpaired) electrons. The number of sulfonamides is 1. The van der Waals surface area contributed by atoms with Crippen LogP contribution in [-0.4, -0.2) is 38.7 Å². The maximum atomic E-state index is 12.7. The number of carbonyl (C=O) groups is 1. The zero-order valence-corrected chi connectivity index (χ0v) is 17.7. The molecule has 0 aliphatic carbocycles. The van der Waals surface area contributed by atoms with Crippen molar-refractivity contribution in [2.75, 3.05) is 13.1 Å². The van der Waals surface area contributed by atoms with Gasteiger partial charge in [0.15, 0.2) is 0 Å². The van der Waals surface area contributed by atoms with E-state index in [4.69, 9.17) is 0 Å². The van der Waals surface area contributed by atoms with Gasteiger partial charge in [0.2, 0.25) is 15.9 Å². The van der Waals surface area contributed by atoms with Crippen LogP contribution < -0.4 is 9.46 Å². The van der Waals surface area contributed by atoms with Crippen LogP contribution in [0.15, 0.2) is 40.6 Å². The highest BCUT2D eigenvalue weighted by Gasteiger charge is 2.32. The van der Waals surface area contributed by atoms with Gasteiger partial charge in [-0.2, -0.15) is 0 Å². The molecule has 0 saturated heterocycles. The number of alkyl halides is 3. The molecule has 0 saturated carbocycles.